The SMILES string of the molecule is Nc1nnn(N)c1-c1ccccc1. The fourth-order valence-electron chi connectivity index (χ4n) is 1.18. The van der Waals surface area contributed by atoms with Gasteiger partial charge in [-0.3, -0.25) is 0 Å². The molecule has 0 radical (unpaired) electrons. The third-order valence-corrected chi connectivity index (χ3v) is 1.77. The van der Waals surface area contributed by atoms with E-state index in [1.54, 1.807) is 0 Å². The Hall–Kier alpha value is -2.04. The van der Waals surface area contributed by atoms with Gasteiger partial charge in [0.1, 0.15) is 5.69 Å². The van der Waals surface area contributed by atoms with Crippen LogP contribution >= 0.6 is 0 Å². The molecule has 1 heterocycles. The van der Waals surface area contributed by atoms with E-state index in [-0.39, 0.29) is 0 Å². The molecule has 0 saturated carbocycles. The van der Waals surface area contributed by atoms with E-state index >= 15 is 0 Å². The number of nitrogens with zero attached hydrogens (tertiary/aromatic N) is 3. The minimum atomic E-state index is 0.341. The molecule has 0 saturated heterocycles. The maximum absolute atomic E-state index is 5.60. The summed E-state index contributed by atoms with van der Waals surface area (Å²) < 4.78 is 0. The zero-order chi connectivity index (χ0) is 9.26. The maximum Gasteiger partial charge on any atom is 0.176 e. The van der Waals surface area contributed by atoms with E-state index in [2.05, 4.69) is 10.3 Å². The quantitative estimate of drug-likeness (QED) is 0.608. The number of hydrogen-bond donors (Lipinski definition) is 2. The second-order valence-electron chi connectivity index (χ2n) is 2.63. The van der Waals surface area contributed by atoms with Crippen LogP contribution in [0.25, 0.3) is 11.3 Å². The van der Waals surface area contributed by atoms with Gasteiger partial charge < -0.3 is 11.6 Å². The van der Waals surface area contributed by atoms with E-state index in [0.29, 0.717) is 11.5 Å². The number of rotatable bonds is 1. The molecule has 0 aliphatic heterocycles. The molecule has 13 heavy (non-hydrogen) atoms. The van der Waals surface area contributed by atoms with E-state index in [4.69, 9.17) is 11.6 Å². The van der Waals surface area contributed by atoms with Crippen LogP contribution in [0.15, 0.2) is 30.3 Å². The zero-order valence-electron chi connectivity index (χ0n) is 6.88. The van der Waals surface area contributed by atoms with E-state index in [1.807, 2.05) is 30.3 Å². The Morgan fingerprint density at radius 3 is 2.38 bits per heavy atom. The first-order valence-electron chi connectivity index (χ1n) is 3.80. The molecule has 5 nitrogen and oxygen atoms in total. The van der Waals surface area contributed by atoms with Crippen LogP contribution in [0, 0.1) is 0 Å². The van der Waals surface area contributed by atoms with Gasteiger partial charge in [-0.15, -0.1) is 5.10 Å². The predicted octanol–water partition coefficient (Wildman–Crippen LogP) is 0.241. The number of nitrogen functional groups attached to an aromatic ring is 2. The predicted molar refractivity (Wildman–Crippen MR) is 50.0 cm³/mol. The van der Waals surface area contributed by atoms with Crippen molar-refractivity contribution in [3.63, 3.8) is 0 Å². The molecule has 2 aromatic rings. The average Bonchev–Trinajstić information content (AvgIpc) is 2.48. The lowest BCUT2D eigenvalue weighted by molar-refractivity contribution is 0.771. The van der Waals surface area contributed by atoms with Gasteiger partial charge in [0, 0.05) is 5.56 Å². The topological polar surface area (TPSA) is 82.8 Å². The van der Waals surface area contributed by atoms with Gasteiger partial charge in [0.15, 0.2) is 5.82 Å². The lowest BCUT2D eigenvalue weighted by Gasteiger charge is -2.00. The molecule has 0 atom stereocenters. The monoisotopic (exact) mass is 175 g/mol. The van der Waals surface area contributed by atoms with Gasteiger partial charge in [-0.25, -0.2) is 0 Å². The molecule has 66 valence electrons. The standard InChI is InChI=1S/C8H9N5/c9-8-7(13(10)12-11-8)6-4-2-1-3-5-6/h1-5H,9-10H2. The van der Waals surface area contributed by atoms with Gasteiger partial charge in [-0.05, 0) is 5.21 Å². The minimum Gasteiger partial charge on any atom is -0.380 e. The van der Waals surface area contributed by atoms with Crippen molar-refractivity contribution in [2.45, 2.75) is 0 Å². The van der Waals surface area contributed by atoms with Gasteiger partial charge in [0.2, 0.25) is 0 Å². The maximum atomic E-state index is 5.60. The number of aromatic nitrogens is 3. The summed E-state index contributed by atoms with van der Waals surface area (Å²) in [6.45, 7) is 0. The number of nitrogens with two attached hydrogens (primary N) is 2. The highest BCUT2D eigenvalue weighted by Crippen LogP contribution is 2.21. The molecule has 0 unspecified atom stereocenters. The number of benzene rings is 1. The van der Waals surface area contributed by atoms with Crippen molar-refractivity contribution >= 4 is 5.82 Å². The van der Waals surface area contributed by atoms with Crippen molar-refractivity contribution in [2.24, 2.45) is 0 Å². The molecular weight excluding hydrogens is 166 g/mol. The Balaban J connectivity index is 2.59. The fraction of sp³-hybridized carbons (Fsp3) is 0. The third-order valence-electron chi connectivity index (χ3n) is 1.77. The van der Waals surface area contributed by atoms with Crippen LogP contribution in [0.1, 0.15) is 0 Å². The first kappa shape index (κ1) is 7.60. The van der Waals surface area contributed by atoms with E-state index in [0.717, 1.165) is 5.56 Å². The van der Waals surface area contributed by atoms with Gasteiger partial charge in [-0.1, -0.05) is 30.3 Å². The lowest BCUT2D eigenvalue weighted by Crippen LogP contribution is -2.11. The van der Waals surface area contributed by atoms with E-state index in [9.17, 15) is 0 Å². The van der Waals surface area contributed by atoms with Crippen LogP contribution in [0.5, 0.6) is 0 Å². The minimum absolute atomic E-state index is 0.341. The van der Waals surface area contributed by atoms with Crippen LogP contribution in [-0.2, 0) is 0 Å². The first-order chi connectivity index (χ1) is 6.29. The largest absolute Gasteiger partial charge is 0.380 e. The Morgan fingerprint density at radius 1 is 1.15 bits per heavy atom. The summed E-state index contributed by atoms with van der Waals surface area (Å²) in [6.07, 6.45) is 0. The molecule has 0 amide bonds. The van der Waals surface area contributed by atoms with E-state index in [1.165, 1.54) is 4.79 Å². The van der Waals surface area contributed by atoms with Crippen molar-refractivity contribution in [1.82, 2.24) is 15.1 Å². The number of hydrogen-bond acceptors (Lipinski definition) is 4. The molecule has 1 aromatic carbocycles. The van der Waals surface area contributed by atoms with Crippen LogP contribution in [-0.4, -0.2) is 15.1 Å². The number of anilines is 1. The molecule has 0 bridgehead atoms. The Bertz CT molecular complexity index is 386. The highest BCUT2D eigenvalue weighted by Gasteiger charge is 2.09. The van der Waals surface area contributed by atoms with Crippen molar-refractivity contribution < 1.29 is 0 Å². The molecule has 5 heteroatoms. The molecule has 4 N–H and O–H groups in total. The van der Waals surface area contributed by atoms with Gasteiger partial charge in [0.05, 0.1) is 0 Å². The summed E-state index contributed by atoms with van der Waals surface area (Å²) in [5.74, 6) is 5.88. The van der Waals surface area contributed by atoms with Crippen molar-refractivity contribution in [2.75, 3.05) is 11.6 Å². The Kier molecular flexibility index (Phi) is 1.63. The van der Waals surface area contributed by atoms with Crippen molar-refractivity contribution in [1.29, 1.82) is 0 Å². The Labute approximate surface area is 74.9 Å². The summed E-state index contributed by atoms with van der Waals surface area (Å²) in [6, 6.07) is 9.53. The fourth-order valence-corrected chi connectivity index (χ4v) is 1.18. The van der Waals surface area contributed by atoms with Crippen molar-refractivity contribution in [3.05, 3.63) is 30.3 Å². The first-order valence-corrected chi connectivity index (χ1v) is 3.80. The third kappa shape index (κ3) is 1.20. The second-order valence-corrected chi connectivity index (χ2v) is 2.63. The molecule has 0 fully saturated rings. The lowest BCUT2D eigenvalue weighted by atomic mass is 10.1. The molecule has 2 rings (SSSR count). The summed E-state index contributed by atoms with van der Waals surface area (Å²) in [5.41, 5.74) is 7.15. The summed E-state index contributed by atoms with van der Waals surface area (Å²) in [7, 11) is 0. The summed E-state index contributed by atoms with van der Waals surface area (Å²) in [5, 5.41) is 7.27. The van der Waals surface area contributed by atoms with Crippen LogP contribution in [0.3, 0.4) is 0 Å². The molecule has 0 aliphatic rings. The molecule has 1 aromatic heterocycles. The van der Waals surface area contributed by atoms with Gasteiger partial charge in [-0.2, -0.15) is 4.79 Å². The highest BCUT2D eigenvalue weighted by molar-refractivity contribution is 5.69. The van der Waals surface area contributed by atoms with Crippen molar-refractivity contribution in [3.8, 4) is 11.3 Å². The molecule has 0 spiro atoms. The van der Waals surface area contributed by atoms with Crippen LogP contribution < -0.4 is 11.6 Å². The average molecular weight is 175 g/mol. The van der Waals surface area contributed by atoms with Gasteiger partial charge >= 0.3 is 0 Å². The molecule has 0 aliphatic carbocycles. The zero-order valence-corrected chi connectivity index (χ0v) is 6.88. The summed E-state index contributed by atoms with van der Waals surface area (Å²) >= 11 is 0. The van der Waals surface area contributed by atoms with Crippen LogP contribution in [0.2, 0.25) is 0 Å². The molecular formula is C8H9N5. The second kappa shape index (κ2) is 2.78. The highest BCUT2D eigenvalue weighted by atomic mass is 15.6. The van der Waals surface area contributed by atoms with E-state index < -0.39 is 0 Å². The Morgan fingerprint density at radius 2 is 1.85 bits per heavy atom. The summed E-state index contributed by atoms with van der Waals surface area (Å²) in [4.78, 5) is 1.17. The van der Waals surface area contributed by atoms with Gasteiger partial charge in [0.25, 0.3) is 0 Å². The smallest absolute Gasteiger partial charge is 0.176 e. The van der Waals surface area contributed by atoms with Crippen LogP contribution in [0.4, 0.5) is 5.82 Å². The normalized spacial score (nSPS) is 10.2.